The first-order valence-corrected chi connectivity index (χ1v) is 9.36. The average Bonchev–Trinajstić information content (AvgIpc) is 3.40. The summed E-state index contributed by atoms with van der Waals surface area (Å²) in [5.74, 6) is -0.512. The van der Waals surface area contributed by atoms with Crippen molar-refractivity contribution in [2.75, 3.05) is 7.05 Å². The molecule has 0 atom stereocenters. The predicted molar refractivity (Wildman–Crippen MR) is 100 cm³/mol. The van der Waals surface area contributed by atoms with E-state index in [-0.39, 0.29) is 23.6 Å². The molecule has 11 heteroatoms. The molecule has 4 heterocycles. The van der Waals surface area contributed by atoms with Crippen molar-refractivity contribution in [3.05, 3.63) is 59.0 Å². The van der Waals surface area contributed by atoms with E-state index in [0.717, 1.165) is 11.8 Å². The van der Waals surface area contributed by atoms with E-state index in [2.05, 4.69) is 15.2 Å². The number of hydrogen-bond donors (Lipinski definition) is 0. The molecule has 4 aromatic heterocycles. The number of amides is 1. The van der Waals surface area contributed by atoms with E-state index < -0.39 is 17.8 Å². The number of carbonyl (C=O) groups is 1. The lowest BCUT2D eigenvalue weighted by atomic mass is 10.2. The normalized spacial score (nSPS) is 11.9. The van der Waals surface area contributed by atoms with Crippen LogP contribution in [-0.2, 0) is 19.8 Å². The Morgan fingerprint density at radius 2 is 2.07 bits per heavy atom. The molecule has 0 bridgehead atoms. The lowest BCUT2D eigenvalue weighted by Gasteiger charge is -2.15. The number of nitrogens with zero attached hydrogens (tertiary/aromatic N) is 6. The van der Waals surface area contributed by atoms with Gasteiger partial charge in [0.1, 0.15) is 0 Å². The van der Waals surface area contributed by atoms with Crippen LogP contribution in [0.15, 0.2) is 41.9 Å². The van der Waals surface area contributed by atoms with Crippen molar-refractivity contribution >= 4 is 22.9 Å². The third kappa shape index (κ3) is 3.60. The van der Waals surface area contributed by atoms with E-state index >= 15 is 0 Å². The van der Waals surface area contributed by atoms with Gasteiger partial charge in [0.15, 0.2) is 17.0 Å². The molecular formula is C18H15F3N6OS. The molecule has 0 N–H and O–H groups in total. The minimum atomic E-state index is -4.65. The summed E-state index contributed by atoms with van der Waals surface area (Å²) < 4.78 is 43.1. The Morgan fingerprint density at radius 1 is 1.28 bits per heavy atom. The fourth-order valence-electron chi connectivity index (χ4n) is 2.90. The molecule has 0 aliphatic heterocycles. The molecule has 4 aromatic rings. The molecule has 150 valence electrons. The van der Waals surface area contributed by atoms with Crippen LogP contribution in [0.4, 0.5) is 13.2 Å². The van der Waals surface area contributed by atoms with Crippen LogP contribution >= 0.6 is 11.3 Å². The van der Waals surface area contributed by atoms with E-state index in [1.54, 1.807) is 48.6 Å². The summed E-state index contributed by atoms with van der Waals surface area (Å²) in [6, 6.07) is 7.39. The van der Waals surface area contributed by atoms with E-state index in [0.29, 0.717) is 9.39 Å². The fraction of sp³-hybridized carbons (Fsp3) is 0.222. The zero-order chi connectivity index (χ0) is 20.8. The topological polar surface area (TPSA) is 68.3 Å². The number of carbonyl (C=O) groups excluding carboxylic acids is 1. The number of aryl methyl sites for hydroxylation is 1. The highest BCUT2D eigenvalue weighted by Crippen LogP contribution is 2.33. The average molecular weight is 420 g/mol. The molecule has 0 saturated carbocycles. The van der Waals surface area contributed by atoms with Crippen molar-refractivity contribution < 1.29 is 18.0 Å². The van der Waals surface area contributed by atoms with Gasteiger partial charge in [0, 0.05) is 26.4 Å². The van der Waals surface area contributed by atoms with Crippen molar-refractivity contribution in [2.24, 2.45) is 7.05 Å². The van der Waals surface area contributed by atoms with Gasteiger partial charge in [-0.3, -0.25) is 9.48 Å². The van der Waals surface area contributed by atoms with Gasteiger partial charge in [-0.05, 0) is 23.6 Å². The summed E-state index contributed by atoms with van der Waals surface area (Å²) in [6.45, 7) is 0.239. The number of rotatable bonds is 4. The quantitative estimate of drug-likeness (QED) is 0.507. The Hall–Kier alpha value is -3.21. The Bertz CT molecular complexity index is 1180. The van der Waals surface area contributed by atoms with Crippen LogP contribution in [0, 0.1) is 0 Å². The molecule has 0 aliphatic rings. The molecule has 0 aromatic carbocycles. The highest BCUT2D eigenvalue weighted by Gasteiger charge is 2.36. The first-order valence-electron chi connectivity index (χ1n) is 8.48. The van der Waals surface area contributed by atoms with Crippen LogP contribution in [0.25, 0.3) is 16.2 Å². The standard InChI is InChI=1S/C18H15F3N6OS/c1-25(10-11-5-6-22-26(11)2)17(28)13-9-16-23-12(14-4-3-7-29-14)8-15(18(19,20)21)27(16)24-13/h3-9H,10H2,1-2H3. The van der Waals surface area contributed by atoms with E-state index in [4.69, 9.17) is 0 Å². The lowest BCUT2D eigenvalue weighted by Crippen LogP contribution is -2.27. The number of fused-ring (bicyclic) bond motifs is 1. The maximum atomic E-state index is 13.6. The predicted octanol–water partition coefficient (Wildman–Crippen LogP) is 3.48. The lowest BCUT2D eigenvalue weighted by molar-refractivity contribution is -0.142. The Labute approximate surface area is 167 Å². The first-order chi connectivity index (χ1) is 13.7. The summed E-state index contributed by atoms with van der Waals surface area (Å²) in [5.41, 5.74) is -0.184. The molecule has 0 unspecified atom stereocenters. The first kappa shape index (κ1) is 19.1. The number of thiophene rings is 1. The van der Waals surface area contributed by atoms with Gasteiger partial charge in [-0.25, -0.2) is 9.50 Å². The van der Waals surface area contributed by atoms with Crippen molar-refractivity contribution in [1.29, 1.82) is 0 Å². The molecule has 0 radical (unpaired) electrons. The fourth-order valence-corrected chi connectivity index (χ4v) is 3.58. The summed E-state index contributed by atoms with van der Waals surface area (Å²) in [5, 5.41) is 9.69. The second-order valence-electron chi connectivity index (χ2n) is 6.41. The maximum Gasteiger partial charge on any atom is 0.433 e. The highest BCUT2D eigenvalue weighted by molar-refractivity contribution is 7.13. The van der Waals surface area contributed by atoms with Crippen molar-refractivity contribution in [2.45, 2.75) is 12.7 Å². The number of aromatic nitrogens is 5. The second-order valence-corrected chi connectivity index (χ2v) is 7.36. The smallest absolute Gasteiger partial charge is 0.334 e. The van der Waals surface area contributed by atoms with E-state index in [1.165, 1.54) is 22.3 Å². The minimum absolute atomic E-state index is 0.0412. The monoisotopic (exact) mass is 420 g/mol. The number of hydrogen-bond acceptors (Lipinski definition) is 5. The largest absolute Gasteiger partial charge is 0.433 e. The van der Waals surface area contributed by atoms with Crippen LogP contribution in [0.1, 0.15) is 21.9 Å². The van der Waals surface area contributed by atoms with Crippen LogP contribution in [-0.4, -0.2) is 42.2 Å². The van der Waals surface area contributed by atoms with Crippen LogP contribution in [0.2, 0.25) is 0 Å². The maximum absolute atomic E-state index is 13.6. The Morgan fingerprint density at radius 3 is 2.69 bits per heavy atom. The van der Waals surface area contributed by atoms with Gasteiger partial charge in [0.2, 0.25) is 0 Å². The molecular weight excluding hydrogens is 405 g/mol. The second kappa shape index (κ2) is 6.99. The molecule has 4 rings (SSSR count). The number of alkyl halides is 3. The van der Waals surface area contributed by atoms with Crippen molar-refractivity contribution in [3.8, 4) is 10.6 Å². The minimum Gasteiger partial charge on any atom is -0.334 e. The molecule has 0 fully saturated rings. The molecule has 0 spiro atoms. The number of halogens is 3. The molecule has 0 saturated heterocycles. The van der Waals surface area contributed by atoms with Gasteiger partial charge in [-0.1, -0.05) is 6.07 Å². The molecule has 0 aliphatic carbocycles. The molecule has 7 nitrogen and oxygen atoms in total. The Balaban J connectivity index is 1.74. The zero-order valence-electron chi connectivity index (χ0n) is 15.4. The molecule has 1 amide bonds. The van der Waals surface area contributed by atoms with Gasteiger partial charge < -0.3 is 4.90 Å². The van der Waals surface area contributed by atoms with Crippen molar-refractivity contribution in [1.82, 2.24) is 29.3 Å². The van der Waals surface area contributed by atoms with E-state index in [1.807, 2.05) is 0 Å². The van der Waals surface area contributed by atoms with Crippen LogP contribution in [0.5, 0.6) is 0 Å². The summed E-state index contributed by atoms with van der Waals surface area (Å²) in [6.07, 6.45) is -3.05. The van der Waals surface area contributed by atoms with Crippen LogP contribution < -0.4 is 0 Å². The Kier molecular flexibility index (Phi) is 4.61. The van der Waals surface area contributed by atoms with Gasteiger partial charge >= 0.3 is 6.18 Å². The zero-order valence-corrected chi connectivity index (χ0v) is 16.2. The van der Waals surface area contributed by atoms with Gasteiger partial charge in [-0.15, -0.1) is 11.3 Å². The van der Waals surface area contributed by atoms with Crippen molar-refractivity contribution in [3.63, 3.8) is 0 Å². The summed E-state index contributed by atoms with van der Waals surface area (Å²) >= 11 is 1.28. The summed E-state index contributed by atoms with van der Waals surface area (Å²) in [7, 11) is 3.29. The van der Waals surface area contributed by atoms with Gasteiger partial charge in [-0.2, -0.15) is 23.4 Å². The third-order valence-electron chi connectivity index (χ3n) is 4.38. The summed E-state index contributed by atoms with van der Waals surface area (Å²) in [4.78, 5) is 19.0. The van der Waals surface area contributed by atoms with Crippen LogP contribution in [0.3, 0.4) is 0 Å². The van der Waals surface area contributed by atoms with Gasteiger partial charge in [0.25, 0.3) is 5.91 Å². The molecule has 29 heavy (non-hydrogen) atoms. The van der Waals surface area contributed by atoms with E-state index in [9.17, 15) is 18.0 Å². The SMILES string of the molecule is CN(Cc1ccnn1C)C(=O)c1cc2nc(-c3cccs3)cc(C(F)(F)F)n2n1. The van der Waals surface area contributed by atoms with Gasteiger partial charge in [0.05, 0.1) is 22.8 Å². The highest BCUT2D eigenvalue weighted by atomic mass is 32.1. The third-order valence-corrected chi connectivity index (χ3v) is 5.27.